The number of hydrogen-bond acceptors (Lipinski definition) is 3. The van der Waals surface area contributed by atoms with Crippen LogP contribution in [0.2, 0.25) is 34.8 Å². The van der Waals surface area contributed by atoms with Crippen LogP contribution in [0.4, 0.5) is 0 Å². The first kappa shape index (κ1) is 27.8. The largest absolute Gasteiger partial charge is 0.412 e. The molecule has 0 aliphatic heterocycles. The van der Waals surface area contributed by atoms with E-state index in [0.717, 1.165) is 17.6 Å². The van der Waals surface area contributed by atoms with E-state index in [1.165, 1.54) is 0 Å². The fourth-order valence-corrected chi connectivity index (χ4v) is 11.7. The van der Waals surface area contributed by atoms with E-state index in [0.29, 0.717) is 23.2 Å². The molecule has 3 atom stereocenters. The molecule has 1 aliphatic rings. The van der Waals surface area contributed by atoms with Gasteiger partial charge in [0, 0.05) is 5.92 Å². The van der Waals surface area contributed by atoms with E-state index in [-0.39, 0.29) is 17.1 Å². The van der Waals surface area contributed by atoms with Crippen molar-refractivity contribution in [3.8, 4) is 0 Å². The molecule has 0 fully saturated rings. The van der Waals surface area contributed by atoms with Crippen LogP contribution < -0.4 is 0 Å². The standard InChI is InChI=1S/C25H50O3Si2/c1-17(2)30(18(3)4,19(5)6)27-16-21(8)22-15-24(20(7)14-23(22)26)28-29(12,13)25(9,10)11/h14,17-19,22-24,26H,8,15-16H2,1-7,9-13H3/t22-,23-,24-/m1/s1. The van der Waals surface area contributed by atoms with Crippen LogP contribution in [0.5, 0.6) is 0 Å². The zero-order chi connectivity index (χ0) is 23.7. The lowest BCUT2D eigenvalue weighted by Crippen LogP contribution is -2.49. The highest BCUT2D eigenvalue weighted by Gasteiger charge is 2.46. The molecule has 0 heterocycles. The quantitative estimate of drug-likeness (QED) is 0.290. The van der Waals surface area contributed by atoms with E-state index in [1.807, 2.05) is 6.08 Å². The third kappa shape index (κ3) is 5.97. The van der Waals surface area contributed by atoms with Gasteiger partial charge in [0.05, 0.1) is 18.8 Å². The molecule has 3 nitrogen and oxygen atoms in total. The van der Waals surface area contributed by atoms with Gasteiger partial charge < -0.3 is 14.0 Å². The monoisotopic (exact) mass is 454 g/mol. The smallest absolute Gasteiger partial charge is 0.200 e. The van der Waals surface area contributed by atoms with Crippen LogP contribution in [-0.2, 0) is 8.85 Å². The van der Waals surface area contributed by atoms with Gasteiger partial charge in [-0.05, 0) is 59.2 Å². The summed E-state index contributed by atoms with van der Waals surface area (Å²) in [6, 6.07) is 0. The molecule has 176 valence electrons. The summed E-state index contributed by atoms with van der Waals surface area (Å²) in [6.07, 6.45) is 2.32. The minimum absolute atomic E-state index is 0.0124. The summed E-state index contributed by atoms with van der Waals surface area (Å²) in [5, 5.41) is 11.0. The molecule has 0 aromatic rings. The van der Waals surface area contributed by atoms with Crippen LogP contribution in [0.3, 0.4) is 0 Å². The zero-order valence-corrected chi connectivity index (χ0v) is 23.9. The average Bonchev–Trinajstić information content (AvgIpc) is 2.55. The third-order valence-corrected chi connectivity index (χ3v) is 18.3. The van der Waals surface area contributed by atoms with Crippen LogP contribution in [0.15, 0.2) is 23.8 Å². The molecule has 0 saturated carbocycles. The second kappa shape index (κ2) is 10.2. The van der Waals surface area contributed by atoms with Gasteiger partial charge >= 0.3 is 0 Å². The highest BCUT2D eigenvalue weighted by molar-refractivity contribution is 6.77. The molecule has 1 N–H and O–H groups in total. The molecule has 0 spiro atoms. The van der Waals surface area contributed by atoms with Crippen LogP contribution in [0, 0.1) is 5.92 Å². The minimum atomic E-state index is -1.95. The molecule has 0 saturated heterocycles. The van der Waals surface area contributed by atoms with Gasteiger partial charge in [0.25, 0.3) is 0 Å². The van der Waals surface area contributed by atoms with E-state index in [4.69, 9.17) is 8.85 Å². The fourth-order valence-electron chi connectivity index (χ4n) is 4.96. The van der Waals surface area contributed by atoms with Crippen LogP contribution in [0.1, 0.15) is 75.7 Å². The zero-order valence-electron chi connectivity index (χ0n) is 21.9. The Morgan fingerprint density at radius 3 is 1.97 bits per heavy atom. The van der Waals surface area contributed by atoms with E-state index in [2.05, 4.69) is 88.9 Å². The highest BCUT2D eigenvalue weighted by atomic mass is 28.4. The van der Waals surface area contributed by atoms with E-state index in [1.54, 1.807) is 0 Å². The number of rotatable bonds is 9. The average molecular weight is 455 g/mol. The lowest BCUT2D eigenvalue weighted by molar-refractivity contribution is 0.0984. The molecule has 0 radical (unpaired) electrons. The molecule has 0 unspecified atom stereocenters. The Morgan fingerprint density at radius 2 is 1.57 bits per heavy atom. The predicted octanol–water partition coefficient (Wildman–Crippen LogP) is 7.45. The van der Waals surface area contributed by atoms with Gasteiger partial charge in [0.2, 0.25) is 8.32 Å². The normalized spacial score (nSPS) is 24.0. The van der Waals surface area contributed by atoms with Crippen molar-refractivity contribution in [1.82, 2.24) is 0 Å². The van der Waals surface area contributed by atoms with Crippen molar-refractivity contribution in [2.75, 3.05) is 6.61 Å². The molecular weight excluding hydrogens is 404 g/mol. The Morgan fingerprint density at radius 1 is 1.10 bits per heavy atom. The SMILES string of the molecule is C=C(CO[Si](C(C)C)(C(C)C)C(C)C)[C@H]1C[C@@H](O[Si](C)(C)C(C)(C)C)C(C)=C[C@H]1O. The van der Waals surface area contributed by atoms with Crippen molar-refractivity contribution in [1.29, 1.82) is 0 Å². The Labute approximate surface area is 189 Å². The second-order valence-electron chi connectivity index (χ2n) is 11.9. The van der Waals surface area contributed by atoms with Gasteiger partial charge in [-0.15, -0.1) is 0 Å². The number of aliphatic hydroxyl groups excluding tert-OH is 1. The van der Waals surface area contributed by atoms with E-state index >= 15 is 0 Å². The van der Waals surface area contributed by atoms with Crippen molar-refractivity contribution in [3.63, 3.8) is 0 Å². The molecule has 0 aromatic heterocycles. The van der Waals surface area contributed by atoms with Crippen molar-refractivity contribution >= 4 is 16.6 Å². The fraction of sp³-hybridized carbons (Fsp3) is 0.840. The maximum atomic E-state index is 10.8. The molecule has 0 amide bonds. The van der Waals surface area contributed by atoms with Crippen molar-refractivity contribution in [2.24, 2.45) is 5.92 Å². The second-order valence-corrected chi connectivity index (χ2v) is 22.1. The number of aliphatic hydroxyl groups is 1. The third-order valence-electron chi connectivity index (χ3n) is 7.80. The lowest BCUT2D eigenvalue weighted by atomic mass is 9.82. The van der Waals surface area contributed by atoms with E-state index < -0.39 is 22.7 Å². The summed E-state index contributed by atoms with van der Waals surface area (Å²) >= 11 is 0. The minimum Gasteiger partial charge on any atom is -0.412 e. The van der Waals surface area contributed by atoms with E-state index in [9.17, 15) is 5.11 Å². The summed E-state index contributed by atoms with van der Waals surface area (Å²) in [5.74, 6) is -0.0124. The van der Waals surface area contributed by atoms with Gasteiger partial charge in [-0.25, -0.2) is 0 Å². The Bertz CT molecular complexity index is 593. The number of hydrogen-bond donors (Lipinski definition) is 1. The Hall–Kier alpha value is -0.206. The summed E-state index contributed by atoms with van der Waals surface area (Å²) in [6.45, 7) is 32.3. The van der Waals surface area contributed by atoms with Crippen molar-refractivity contribution < 1.29 is 14.0 Å². The molecule has 5 heteroatoms. The Kier molecular flexibility index (Phi) is 9.42. The molecular formula is C25H50O3Si2. The molecule has 30 heavy (non-hydrogen) atoms. The van der Waals surface area contributed by atoms with Crippen molar-refractivity contribution in [2.45, 2.75) is 123 Å². The summed E-state index contributed by atoms with van der Waals surface area (Å²) in [5.41, 5.74) is 3.77. The van der Waals surface area contributed by atoms with Gasteiger partial charge in [0.15, 0.2) is 8.32 Å². The first-order valence-corrected chi connectivity index (χ1v) is 16.9. The lowest BCUT2D eigenvalue weighted by Gasteiger charge is -2.44. The van der Waals surface area contributed by atoms with Crippen LogP contribution in [-0.4, -0.2) is 40.6 Å². The summed E-state index contributed by atoms with van der Waals surface area (Å²) < 4.78 is 13.5. The maximum absolute atomic E-state index is 10.8. The molecule has 0 bridgehead atoms. The Balaban J connectivity index is 2.99. The topological polar surface area (TPSA) is 38.7 Å². The molecule has 0 aromatic carbocycles. The van der Waals surface area contributed by atoms with Gasteiger partial charge in [-0.3, -0.25) is 0 Å². The van der Waals surface area contributed by atoms with Crippen LogP contribution >= 0.6 is 0 Å². The summed E-state index contributed by atoms with van der Waals surface area (Å²) in [4.78, 5) is 0. The van der Waals surface area contributed by atoms with Gasteiger partial charge in [-0.1, -0.05) is 75.0 Å². The van der Waals surface area contributed by atoms with Crippen molar-refractivity contribution in [3.05, 3.63) is 23.8 Å². The first-order valence-electron chi connectivity index (χ1n) is 11.8. The van der Waals surface area contributed by atoms with Gasteiger partial charge in [-0.2, -0.15) is 0 Å². The predicted molar refractivity (Wildman–Crippen MR) is 136 cm³/mol. The van der Waals surface area contributed by atoms with Crippen LogP contribution in [0.25, 0.3) is 0 Å². The maximum Gasteiger partial charge on any atom is 0.200 e. The first-order chi connectivity index (χ1) is 13.5. The molecule has 1 rings (SSSR count). The highest BCUT2D eigenvalue weighted by Crippen LogP contribution is 2.44. The van der Waals surface area contributed by atoms with Gasteiger partial charge in [0.1, 0.15) is 0 Å². The summed E-state index contributed by atoms with van der Waals surface area (Å²) in [7, 11) is -3.84. The molecule has 1 aliphatic carbocycles.